The molecule has 0 heterocycles. The van der Waals surface area contributed by atoms with Crippen molar-refractivity contribution in [3.63, 3.8) is 0 Å². The first-order valence-corrected chi connectivity index (χ1v) is 7.86. The van der Waals surface area contributed by atoms with Crippen molar-refractivity contribution in [3.8, 4) is 11.5 Å². The lowest BCUT2D eigenvalue weighted by molar-refractivity contribution is -0.123. The molecule has 0 fully saturated rings. The largest absolute Gasteiger partial charge is 0.508 e. The molecule has 1 amide bonds. The van der Waals surface area contributed by atoms with E-state index >= 15 is 0 Å². The minimum absolute atomic E-state index is 0.134. The molecule has 5 heteroatoms. The van der Waals surface area contributed by atoms with E-state index in [1.807, 2.05) is 42.5 Å². The maximum absolute atomic E-state index is 12.0. The van der Waals surface area contributed by atoms with Crippen LogP contribution in [0.25, 0.3) is 10.8 Å². The van der Waals surface area contributed by atoms with Gasteiger partial charge in [-0.15, -0.1) is 0 Å². The Labute approximate surface area is 145 Å². The van der Waals surface area contributed by atoms with Gasteiger partial charge < -0.3 is 9.84 Å². The fourth-order valence-electron chi connectivity index (χ4n) is 2.44. The molecule has 0 aromatic heterocycles. The number of ether oxygens (including phenoxy) is 1. The number of rotatable bonds is 5. The van der Waals surface area contributed by atoms with E-state index < -0.39 is 0 Å². The molecule has 3 aromatic rings. The third-order valence-electron chi connectivity index (χ3n) is 3.72. The number of phenolic OH excluding ortho intramolecular Hbond substituents is 1. The summed E-state index contributed by atoms with van der Waals surface area (Å²) in [6, 6.07) is 20.2. The van der Waals surface area contributed by atoms with Gasteiger partial charge in [0.2, 0.25) is 0 Å². The summed E-state index contributed by atoms with van der Waals surface area (Å²) in [7, 11) is 0. The molecule has 0 saturated carbocycles. The number of nitrogens with one attached hydrogen (secondary N) is 1. The molecule has 0 spiro atoms. The molecule has 0 saturated heterocycles. The average Bonchev–Trinajstić information content (AvgIpc) is 2.64. The Hall–Kier alpha value is -3.34. The molecule has 5 nitrogen and oxygen atoms in total. The molecule has 0 aliphatic rings. The topological polar surface area (TPSA) is 70.9 Å². The molecule has 0 atom stereocenters. The Morgan fingerprint density at radius 2 is 1.84 bits per heavy atom. The van der Waals surface area contributed by atoms with Gasteiger partial charge in [-0.1, -0.05) is 48.5 Å². The highest BCUT2D eigenvalue weighted by atomic mass is 16.5. The molecule has 3 aromatic carbocycles. The number of amides is 1. The summed E-state index contributed by atoms with van der Waals surface area (Å²) >= 11 is 0. The molecule has 0 aliphatic carbocycles. The van der Waals surface area contributed by atoms with Crippen molar-refractivity contribution in [2.45, 2.75) is 6.92 Å². The van der Waals surface area contributed by atoms with Crippen LogP contribution in [0.3, 0.4) is 0 Å². The molecule has 25 heavy (non-hydrogen) atoms. The van der Waals surface area contributed by atoms with Crippen LogP contribution >= 0.6 is 0 Å². The summed E-state index contributed by atoms with van der Waals surface area (Å²) in [5.74, 6) is 0.451. The van der Waals surface area contributed by atoms with Gasteiger partial charge in [-0.05, 0) is 30.5 Å². The second-order valence-electron chi connectivity index (χ2n) is 5.55. The number of benzene rings is 3. The van der Waals surface area contributed by atoms with Gasteiger partial charge in [0.1, 0.15) is 11.5 Å². The van der Waals surface area contributed by atoms with Crippen molar-refractivity contribution in [2.75, 3.05) is 6.61 Å². The van der Waals surface area contributed by atoms with Crippen LogP contribution in [-0.4, -0.2) is 23.3 Å². The summed E-state index contributed by atoms with van der Waals surface area (Å²) in [6.07, 6.45) is 0. The molecule has 3 rings (SSSR count). The van der Waals surface area contributed by atoms with Gasteiger partial charge in [0.15, 0.2) is 6.61 Å². The van der Waals surface area contributed by atoms with Crippen molar-refractivity contribution >= 4 is 22.4 Å². The number of phenols is 1. The molecule has 0 aliphatic heterocycles. The molecular formula is C20H18N2O3. The van der Waals surface area contributed by atoms with E-state index in [9.17, 15) is 9.90 Å². The van der Waals surface area contributed by atoms with E-state index in [4.69, 9.17) is 4.74 Å². The highest BCUT2D eigenvalue weighted by Crippen LogP contribution is 2.24. The molecule has 126 valence electrons. The Morgan fingerprint density at radius 3 is 2.68 bits per heavy atom. The first-order chi connectivity index (χ1) is 12.1. The summed E-state index contributed by atoms with van der Waals surface area (Å²) < 4.78 is 5.62. The third kappa shape index (κ3) is 4.14. The van der Waals surface area contributed by atoms with Crippen LogP contribution in [0.4, 0.5) is 0 Å². The molecule has 0 bridgehead atoms. The van der Waals surface area contributed by atoms with Gasteiger partial charge in [0.25, 0.3) is 5.91 Å². The van der Waals surface area contributed by atoms with Crippen molar-refractivity contribution < 1.29 is 14.6 Å². The summed E-state index contributed by atoms with van der Waals surface area (Å²) in [5.41, 5.74) is 3.78. The minimum Gasteiger partial charge on any atom is -0.508 e. The SMILES string of the molecule is C/C(=N/NC(=O)COc1cccc2ccccc12)c1cccc(O)c1. The lowest BCUT2D eigenvalue weighted by Crippen LogP contribution is -2.25. The second kappa shape index (κ2) is 7.49. The van der Waals surface area contributed by atoms with E-state index in [-0.39, 0.29) is 18.3 Å². The van der Waals surface area contributed by atoms with E-state index in [2.05, 4.69) is 10.5 Å². The molecular weight excluding hydrogens is 316 g/mol. The zero-order valence-electron chi connectivity index (χ0n) is 13.8. The van der Waals surface area contributed by atoms with Crippen LogP contribution in [-0.2, 0) is 4.79 Å². The zero-order chi connectivity index (χ0) is 17.6. The Morgan fingerprint density at radius 1 is 1.08 bits per heavy atom. The van der Waals surface area contributed by atoms with Gasteiger partial charge in [-0.3, -0.25) is 4.79 Å². The van der Waals surface area contributed by atoms with Crippen LogP contribution in [0.2, 0.25) is 0 Å². The van der Waals surface area contributed by atoms with Crippen molar-refractivity contribution in [1.29, 1.82) is 0 Å². The first kappa shape index (κ1) is 16.5. The highest BCUT2D eigenvalue weighted by molar-refractivity contribution is 5.99. The number of fused-ring (bicyclic) bond motifs is 1. The van der Waals surface area contributed by atoms with Crippen LogP contribution in [0.5, 0.6) is 11.5 Å². The van der Waals surface area contributed by atoms with Crippen LogP contribution in [0, 0.1) is 0 Å². The highest BCUT2D eigenvalue weighted by Gasteiger charge is 2.06. The summed E-state index contributed by atoms with van der Waals surface area (Å²) in [6.45, 7) is 1.62. The minimum atomic E-state index is -0.354. The Bertz CT molecular complexity index is 930. The van der Waals surface area contributed by atoms with Gasteiger partial charge in [0, 0.05) is 10.9 Å². The van der Waals surface area contributed by atoms with E-state index in [0.29, 0.717) is 11.5 Å². The van der Waals surface area contributed by atoms with E-state index in [1.54, 1.807) is 31.2 Å². The summed E-state index contributed by atoms with van der Waals surface area (Å²) in [5, 5.41) is 15.5. The zero-order valence-corrected chi connectivity index (χ0v) is 13.8. The van der Waals surface area contributed by atoms with Gasteiger partial charge >= 0.3 is 0 Å². The standard InChI is InChI=1S/C20H18N2O3/c1-14(16-8-4-9-17(23)12-16)21-22-20(24)13-25-19-11-5-7-15-6-2-3-10-18(15)19/h2-12,23H,13H2,1H3,(H,22,24)/b21-14-. The third-order valence-corrected chi connectivity index (χ3v) is 3.72. The number of hydrazone groups is 1. The predicted molar refractivity (Wildman–Crippen MR) is 97.9 cm³/mol. The van der Waals surface area contributed by atoms with Crippen molar-refractivity contribution in [3.05, 3.63) is 72.3 Å². The average molecular weight is 334 g/mol. The van der Waals surface area contributed by atoms with Crippen LogP contribution in [0.15, 0.2) is 71.8 Å². The predicted octanol–water partition coefficient (Wildman–Crippen LogP) is 3.46. The molecule has 0 unspecified atom stereocenters. The Balaban J connectivity index is 1.62. The Kier molecular flexibility index (Phi) is 4.95. The number of hydrogen-bond donors (Lipinski definition) is 2. The van der Waals surface area contributed by atoms with Crippen molar-refractivity contribution in [1.82, 2.24) is 5.43 Å². The molecule has 2 N–H and O–H groups in total. The number of nitrogens with zero attached hydrogens (tertiary/aromatic N) is 1. The normalized spacial score (nSPS) is 11.3. The first-order valence-electron chi connectivity index (χ1n) is 7.86. The lowest BCUT2D eigenvalue weighted by atomic mass is 10.1. The number of carbonyl (C=O) groups excluding carboxylic acids is 1. The maximum atomic E-state index is 12.0. The van der Waals surface area contributed by atoms with Gasteiger partial charge in [-0.25, -0.2) is 5.43 Å². The monoisotopic (exact) mass is 334 g/mol. The number of aromatic hydroxyl groups is 1. The fourth-order valence-corrected chi connectivity index (χ4v) is 2.44. The van der Waals surface area contributed by atoms with Crippen LogP contribution < -0.4 is 10.2 Å². The van der Waals surface area contributed by atoms with Gasteiger partial charge in [0.05, 0.1) is 5.71 Å². The van der Waals surface area contributed by atoms with Crippen molar-refractivity contribution in [2.24, 2.45) is 5.10 Å². The smallest absolute Gasteiger partial charge is 0.277 e. The lowest BCUT2D eigenvalue weighted by Gasteiger charge is -2.08. The number of carbonyl (C=O) groups is 1. The second-order valence-corrected chi connectivity index (χ2v) is 5.55. The van der Waals surface area contributed by atoms with E-state index in [0.717, 1.165) is 16.3 Å². The maximum Gasteiger partial charge on any atom is 0.277 e. The molecule has 0 radical (unpaired) electrons. The quantitative estimate of drug-likeness (QED) is 0.554. The van der Waals surface area contributed by atoms with E-state index in [1.165, 1.54) is 0 Å². The summed E-state index contributed by atoms with van der Waals surface area (Å²) in [4.78, 5) is 12.0. The van der Waals surface area contributed by atoms with Crippen LogP contribution in [0.1, 0.15) is 12.5 Å². The fraction of sp³-hybridized carbons (Fsp3) is 0.100. The number of hydrogen-bond acceptors (Lipinski definition) is 4. The van der Waals surface area contributed by atoms with Gasteiger partial charge in [-0.2, -0.15) is 5.10 Å².